The number of amides is 1. The van der Waals surface area contributed by atoms with E-state index in [1.807, 2.05) is 38.1 Å². The molecular weight excluding hydrogens is 312 g/mol. The van der Waals surface area contributed by atoms with Crippen molar-refractivity contribution < 1.29 is 9.53 Å². The molecule has 0 saturated heterocycles. The average Bonchev–Trinajstić information content (AvgIpc) is 2.51. The third-order valence-corrected chi connectivity index (χ3v) is 4.11. The summed E-state index contributed by atoms with van der Waals surface area (Å²) in [6, 6.07) is 9.27. The number of aryl methyl sites for hydroxylation is 1. The summed E-state index contributed by atoms with van der Waals surface area (Å²) in [5.41, 5.74) is 7.41. The molecule has 2 aromatic rings. The molecule has 1 heterocycles. The summed E-state index contributed by atoms with van der Waals surface area (Å²) < 4.78 is 5.27. The van der Waals surface area contributed by atoms with Crippen molar-refractivity contribution in [3.63, 3.8) is 0 Å². The van der Waals surface area contributed by atoms with Gasteiger partial charge in [-0.25, -0.2) is 9.97 Å². The third-order valence-electron chi connectivity index (χ3n) is 3.15. The number of carbonyl (C=O) groups excluding carboxylic acids is 1. The van der Waals surface area contributed by atoms with E-state index < -0.39 is 0 Å². The van der Waals surface area contributed by atoms with E-state index >= 15 is 0 Å². The Morgan fingerprint density at radius 1 is 1.39 bits per heavy atom. The van der Waals surface area contributed by atoms with Gasteiger partial charge in [-0.15, -0.1) is 0 Å². The van der Waals surface area contributed by atoms with Gasteiger partial charge in [0.1, 0.15) is 11.6 Å². The predicted molar refractivity (Wildman–Crippen MR) is 91.3 cm³/mol. The van der Waals surface area contributed by atoms with E-state index in [0.717, 1.165) is 17.0 Å². The van der Waals surface area contributed by atoms with Gasteiger partial charge in [0, 0.05) is 23.9 Å². The lowest BCUT2D eigenvalue weighted by Gasteiger charge is -2.13. The molecule has 3 N–H and O–H groups in total. The molecule has 7 heteroatoms. The first-order valence-electron chi connectivity index (χ1n) is 7.17. The number of para-hydroxylation sites is 1. The lowest BCUT2D eigenvalue weighted by atomic mass is 10.2. The lowest BCUT2D eigenvalue weighted by molar-refractivity contribution is -0.120. The molecule has 1 atom stereocenters. The van der Waals surface area contributed by atoms with E-state index in [9.17, 15) is 4.79 Å². The molecule has 6 nitrogen and oxygen atoms in total. The van der Waals surface area contributed by atoms with Gasteiger partial charge in [0.25, 0.3) is 0 Å². The summed E-state index contributed by atoms with van der Waals surface area (Å²) in [6.45, 7) is 4.06. The van der Waals surface area contributed by atoms with Gasteiger partial charge >= 0.3 is 0 Å². The number of hydrogen-bond donors (Lipinski definition) is 2. The Labute approximate surface area is 139 Å². The number of nitrogens with zero attached hydrogens (tertiary/aromatic N) is 2. The number of nitrogens with one attached hydrogen (secondary N) is 1. The van der Waals surface area contributed by atoms with Crippen LogP contribution in [0.15, 0.2) is 35.5 Å². The van der Waals surface area contributed by atoms with Crippen molar-refractivity contribution in [1.29, 1.82) is 0 Å². The van der Waals surface area contributed by atoms with Crippen LogP contribution in [0.5, 0.6) is 5.75 Å². The number of ether oxygens (including phenoxy) is 1. The quantitative estimate of drug-likeness (QED) is 0.622. The zero-order chi connectivity index (χ0) is 16.8. The summed E-state index contributed by atoms with van der Waals surface area (Å²) >= 11 is 1.28. The van der Waals surface area contributed by atoms with Gasteiger partial charge in [0.15, 0.2) is 5.16 Å². The van der Waals surface area contributed by atoms with Crippen LogP contribution in [-0.2, 0) is 11.3 Å². The van der Waals surface area contributed by atoms with Crippen LogP contribution in [0.4, 0.5) is 5.82 Å². The van der Waals surface area contributed by atoms with Crippen LogP contribution in [-0.4, -0.2) is 28.2 Å². The lowest BCUT2D eigenvalue weighted by Crippen LogP contribution is -2.30. The molecule has 1 amide bonds. The van der Waals surface area contributed by atoms with E-state index in [0.29, 0.717) is 17.5 Å². The predicted octanol–water partition coefficient (Wildman–Crippen LogP) is 2.17. The van der Waals surface area contributed by atoms with Gasteiger partial charge in [0.05, 0.1) is 12.4 Å². The molecule has 0 aliphatic carbocycles. The van der Waals surface area contributed by atoms with Crippen LogP contribution >= 0.6 is 11.8 Å². The van der Waals surface area contributed by atoms with Crippen LogP contribution < -0.4 is 15.8 Å². The van der Waals surface area contributed by atoms with Gasteiger partial charge in [-0.05, 0) is 19.9 Å². The minimum atomic E-state index is -0.328. The van der Waals surface area contributed by atoms with Crippen LogP contribution in [0.3, 0.4) is 0 Å². The number of hydrogen-bond acceptors (Lipinski definition) is 6. The number of nitrogen functional groups attached to an aromatic ring is 1. The Morgan fingerprint density at radius 2 is 2.13 bits per heavy atom. The Morgan fingerprint density at radius 3 is 2.83 bits per heavy atom. The molecule has 1 aromatic heterocycles. The number of anilines is 1. The fraction of sp³-hybridized carbons (Fsp3) is 0.312. The first-order chi connectivity index (χ1) is 11.0. The normalized spacial score (nSPS) is 11.8. The van der Waals surface area contributed by atoms with Gasteiger partial charge in [-0.3, -0.25) is 4.79 Å². The Kier molecular flexibility index (Phi) is 5.81. The van der Waals surface area contributed by atoms with Crippen molar-refractivity contribution in [2.75, 3.05) is 12.8 Å². The van der Waals surface area contributed by atoms with Crippen molar-refractivity contribution >= 4 is 23.5 Å². The van der Waals surface area contributed by atoms with Gasteiger partial charge < -0.3 is 15.8 Å². The number of benzene rings is 1. The molecule has 0 aliphatic rings. The van der Waals surface area contributed by atoms with Crippen LogP contribution in [0.25, 0.3) is 0 Å². The molecule has 0 spiro atoms. The first-order valence-corrected chi connectivity index (χ1v) is 8.05. The second kappa shape index (κ2) is 7.82. The fourth-order valence-electron chi connectivity index (χ4n) is 2.00. The molecule has 1 unspecified atom stereocenters. The molecule has 23 heavy (non-hydrogen) atoms. The molecule has 0 radical (unpaired) electrons. The molecule has 122 valence electrons. The monoisotopic (exact) mass is 332 g/mol. The fourth-order valence-corrected chi connectivity index (χ4v) is 2.87. The summed E-state index contributed by atoms with van der Waals surface area (Å²) in [7, 11) is 1.61. The van der Waals surface area contributed by atoms with E-state index in [1.165, 1.54) is 11.8 Å². The number of methoxy groups -OCH3 is 1. The van der Waals surface area contributed by atoms with E-state index in [-0.39, 0.29) is 11.2 Å². The molecule has 0 bridgehead atoms. The second-order valence-electron chi connectivity index (χ2n) is 5.01. The number of rotatable bonds is 6. The average molecular weight is 332 g/mol. The molecule has 0 saturated carbocycles. The van der Waals surface area contributed by atoms with Crippen LogP contribution in [0, 0.1) is 6.92 Å². The minimum absolute atomic E-state index is 0.0930. The maximum absolute atomic E-state index is 12.2. The van der Waals surface area contributed by atoms with E-state index in [1.54, 1.807) is 13.2 Å². The number of aromatic nitrogens is 2. The zero-order valence-electron chi connectivity index (χ0n) is 13.4. The Hall–Kier alpha value is -2.28. The molecule has 0 aliphatic heterocycles. The van der Waals surface area contributed by atoms with Crippen molar-refractivity contribution in [2.24, 2.45) is 0 Å². The van der Waals surface area contributed by atoms with Crippen LogP contribution in [0.2, 0.25) is 0 Å². The SMILES string of the molecule is COc1ccccc1CNC(=O)C(C)Sc1nc(C)cc(N)n1. The minimum Gasteiger partial charge on any atom is -0.496 e. The van der Waals surface area contributed by atoms with Crippen LogP contribution in [0.1, 0.15) is 18.2 Å². The summed E-state index contributed by atoms with van der Waals surface area (Å²) in [5.74, 6) is 1.06. The third kappa shape index (κ3) is 4.85. The largest absolute Gasteiger partial charge is 0.496 e. The van der Waals surface area contributed by atoms with E-state index in [2.05, 4.69) is 15.3 Å². The van der Waals surface area contributed by atoms with Gasteiger partial charge in [-0.1, -0.05) is 30.0 Å². The van der Waals surface area contributed by atoms with Crippen molar-refractivity contribution in [3.05, 3.63) is 41.6 Å². The summed E-state index contributed by atoms with van der Waals surface area (Å²) in [4.78, 5) is 20.6. The maximum atomic E-state index is 12.2. The highest BCUT2D eigenvalue weighted by Gasteiger charge is 2.16. The number of thioether (sulfide) groups is 1. The van der Waals surface area contributed by atoms with Gasteiger partial charge in [0.2, 0.25) is 5.91 Å². The standard InChI is InChI=1S/C16H20N4O2S/c1-10-8-14(17)20-16(19-10)23-11(2)15(21)18-9-12-6-4-5-7-13(12)22-3/h4-8,11H,9H2,1-3H3,(H,18,21)(H2,17,19,20). The maximum Gasteiger partial charge on any atom is 0.233 e. The van der Waals surface area contributed by atoms with Crippen molar-refractivity contribution in [2.45, 2.75) is 30.8 Å². The zero-order valence-corrected chi connectivity index (χ0v) is 14.2. The molecule has 0 fully saturated rings. The molecule has 1 aromatic carbocycles. The molecule has 2 rings (SSSR count). The Balaban J connectivity index is 1.94. The van der Waals surface area contributed by atoms with Crippen molar-refractivity contribution in [3.8, 4) is 5.75 Å². The smallest absolute Gasteiger partial charge is 0.233 e. The summed E-state index contributed by atoms with van der Waals surface area (Å²) in [5, 5.41) is 3.07. The Bertz CT molecular complexity index is 673. The second-order valence-corrected chi connectivity index (χ2v) is 6.31. The van der Waals surface area contributed by atoms with E-state index in [4.69, 9.17) is 10.5 Å². The van der Waals surface area contributed by atoms with Gasteiger partial charge in [-0.2, -0.15) is 0 Å². The molecular formula is C16H20N4O2S. The topological polar surface area (TPSA) is 90.1 Å². The summed E-state index contributed by atoms with van der Waals surface area (Å²) in [6.07, 6.45) is 0. The highest BCUT2D eigenvalue weighted by molar-refractivity contribution is 8.00. The number of nitrogens with two attached hydrogens (primary N) is 1. The number of carbonyl (C=O) groups is 1. The highest BCUT2D eigenvalue weighted by atomic mass is 32.2. The first kappa shape index (κ1) is 17.1. The highest BCUT2D eigenvalue weighted by Crippen LogP contribution is 2.21. The van der Waals surface area contributed by atoms with Crippen molar-refractivity contribution in [1.82, 2.24) is 15.3 Å².